The second-order valence-corrected chi connectivity index (χ2v) is 6.48. The number of nitrogens with zero attached hydrogens (tertiary/aromatic N) is 6. The second kappa shape index (κ2) is 31.1. The summed E-state index contributed by atoms with van der Waals surface area (Å²) < 4.78 is 0. The number of hydrogen-bond acceptors (Lipinski definition) is 6. The van der Waals surface area contributed by atoms with Crippen molar-refractivity contribution in [3.8, 4) is 34.9 Å². The largest absolute Gasteiger partial charge is 2.00 e. The van der Waals surface area contributed by atoms with E-state index < -0.39 is 0 Å². The van der Waals surface area contributed by atoms with E-state index in [1.807, 2.05) is 72.8 Å². The predicted molar refractivity (Wildman–Crippen MR) is 150 cm³/mol. The second-order valence-electron chi connectivity index (χ2n) is 6.48. The van der Waals surface area contributed by atoms with Gasteiger partial charge < -0.3 is 10.2 Å². The van der Waals surface area contributed by atoms with Crippen molar-refractivity contribution in [2.75, 3.05) is 0 Å². The van der Waals surface area contributed by atoms with Gasteiger partial charge in [-0.15, -0.1) is 0 Å². The van der Waals surface area contributed by atoms with Crippen molar-refractivity contribution in [2.24, 2.45) is 0 Å². The van der Waals surface area contributed by atoms with Crippen molar-refractivity contribution in [3.63, 3.8) is 0 Å². The van der Waals surface area contributed by atoms with Crippen molar-refractivity contribution >= 4 is 11.9 Å². The van der Waals surface area contributed by atoms with Crippen LogP contribution in [0.25, 0.3) is 22.8 Å². The Bertz CT molecular complexity index is 1040. The average molecular weight is 710 g/mol. The van der Waals surface area contributed by atoms with Crippen molar-refractivity contribution in [1.82, 2.24) is 19.9 Å². The molecule has 0 spiro atoms. The molecule has 0 aliphatic carbocycles. The topological polar surface area (TPSA) is 188 Å². The van der Waals surface area contributed by atoms with Crippen LogP contribution in [0.3, 0.4) is 0 Å². The molecule has 0 fully saturated rings. The summed E-state index contributed by atoms with van der Waals surface area (Å²) in [5.41, 5.74) is 3.66. The Morgan fingerprint density at radius 3 is 0.800 bits per heavy atom. The van der Waals surface area contributed by atoms with E-state index in [0.717, 1.165) is 22.8 Å². The number of hydrogen-bond donors (Lipinski definition) is 0. The van der Waals surface area contributed by atoms with E-state index in [1.165, 1.54) is 27.7 Å². The van der Waals surface area contributed by atoms with Gasteiger partial charge >= 0.3 is 54.1 Å². The van der Waals surface area contributed by atoms with Crippen LogP contribution in [0.2, 0.25) is 0 Å². The maximum atomic E-state index is 7.64. The molecule has 40 heavy (non-hydrogen) atoms. The minimum Gasteiger partial charge on any atom is -0.524 e. The third kappa shape index (κ3) is 28.5. The van der Waals surface area contributed by atoms with Crippen LogP contribution in [-0.4, -0.2) is 51.7 Å². The number of nitriles is 2. The van der Waals surface area contributed by atoms with Gasteiger partial charge in [0, 0.05) is 38.6 Å². The summed E-state index contributed by atoms with van der Waals surface area (Å²) in [4.78, 5) is 32.0. The third-order valence-corrected chi connectivity index (χ3v) is 3.18. The maximum absolute atomic E-state index is 7.64. The Kier molecular flexibility index (Phi) is 33.4. The van der Waals surface area contributed by atoms with Gasteiger partial charge in [-0.3, -0.25) is 19.9 Å². The Labute approximate surface area is 263 Å². The van der Waals surface area contributed by atoms with Gasteiger partial charge in [-0.25, -0.2) is 9.59 Å². The first-order chi connectivity index (χ1) is 18.2. The molecule has 0 unspecified atom stereocenters. The molecule has 0 aromatic carbocycles. The van der Waals surface area contributed by atoms with Gasteiger partial charge in [0.15, 0.2) is 0 Å². The quantitative estimate of drug-likeness (QED) is 0.225. The predicted octanol–water partition coefficient (Wildman–Crippen LogP) is 3.81. The van der Waals surface area contributed by atoms with Gasteiger partial charge in [0.05, 0.1) is 34.9 Å². The molecule has 4 heterocycles. The molecule has 4 aromatic rings. The van der Waals surface area contributed by atoms with Crippen LogP contribution in [0.5, 0.6) is 0 Å². The van der Waals surface area contributed by atoms with Crippen molar-refractivity contribution in [2.45, 2.75) is 27.7 Å². The van der Waals surface area contributed by atoms with Gasteiger partial charge in [-0.1, -0.05) is 24.3 Å². The molecule has 0 radical (unpaired) electrons. The first-order valence-electron chi connectivity index (χ1n) is 11.0. The summed E-state index contributed by atoms with van der Waals surface area (Å²) >= 11 is 0. The van der Waals surface area contributed by atoms with Crippen LogP contribution in [0, 0.1) is 22.7 Å². The van der Waals surface area contributed by atoms with Crippen LogP contribution in [-0.2, 0) is 42.1 Å². The Hall–Kier alpha value is -4.10. The first kappa shape index (κ1) is 43.0. The fourth-order valence-electron chi connectivity index (χ4n) is 2.06. The molecule has 4 rings (SSSR count). The minimum absolute atomic E-state index is 0. The van der Waals surface area contributed by atoms with E-state index in [-0.39, 0.29) is 54.1 Å². The van der Waals surface area contributed by atoms with Gasteiger partial charge in [0.1, 0.15) is 13.8 Å². The molecule has 204 valence electrons. The maximum Gasteiger partial charge on any atom is 2.00 e. The number of aromatic nitrogens is 4. The first-order valence-corrected chi connectivity index (χ1v) is 11.0. The molecule has 0 saturated carbocycles. The summed E-state index contributed by atoms with van der Waals surface area (Å²) in [5.74, 6) is -0.667. The molecular formula is C28H34Mo2N6O4+8. The molecule has 4 aromatic heterocycles. The fraction of sp³-hybridized carbons (Fsp3) is 0.143. The van der Waals surface area contributed by atoms with Gasteiger partial charge in [-0.05, 0) is 48.5 Å². The zero-order chi connectivity index (χ0) is 29.0. The van der Waals surface area contributed by atoms with Gasteiger partial charge in [0.25, 0.3) is 0 Å². The molecule has 0 atom stereocenters. The normalized spacial score (nSPS) is 7.45. The third-order valence-electron chi connectivity index (χ3n) is 3.18. The van der Waals surface area contributed by atoms with Crippen LogP contribution >= 0.6 is 0 Å². The summed E-state index contributed by atoms with van der Waals surface area (Å²) in [6.07, 6.45) is 7.07. The molecule has 0 aliphatic rings. The molecular weight excluding hydrogens is 676 g/mol. The summed E-state index contributed by atoms with van der Waals surface area (Å²) in [6, 6.07) is 26.7. The van der Waals surface area contributed by atoms with Crippen molar-refractivity contribution < 1.29 is 61.9 Å². The van der Waals surface area contributed by atoms with E-state index in [9.17, 15) is 0 Å². The number of carbonyl (C=O) groups excluding carboxylic acids is 2. The van der Waals surface area contributed by atoms with Crippen LogP contribution in [0.15, 0.2) is 97.6 Å². The zero-order valence-corrected chi connectivity index (χ0v) is 26.6. The fourth-order valence-corrected chi connectivity index (χ4v) is 2.06. The van der Waals surface area contributed by atoms with E-state index in [0.29, 0.717) is 0 Å². The Morgan fingerprint density at radius 2 is 0.700 bits per heavy atom. The van der Waals surface area contributed by atoms with E-state index in [1.54, 1.807) is 36.9 Å². The molecule has 10 nitrogen and oxygen atoms in total. The van der Waals surface area contributed by atoms with E-state index >= 15 is 0 Å². The minimum atomic E-state index is -0.333. The molecule has 0 bridgehead atoms. The molecule has 0 amide bonds. The monoisotopic (exact) mass is 714 g/mol. The molecule has 6 N–H and O–H groups in total. The van der Waals surface area contributed by atoms with Gasteiger partial charge in [-0.2, -0.15) is 10.5 Å². The summed E-state index contributed by atoms with van der Waals surface area (Å²) in [6.45, 7) is 5.47. The zero-order valence-electron chi connectivity index (χ0n) is 22.6. The van der Waals surface area contributed by atoms with E-state index in [2.05, 4.69) is 19.9 Å². The van der Waals surface area contributed by atoms with Crippen LogP contribution in [0.4, 0.5) is 0 Å². The Morgan fingerprint density at radius 1 is 0.550 bits per heavy atom. The summed E-state index contributed by atoms with van der Waals surface area (Å²) in [5, 5.41) is 26.8. The molecule has 0 aliphatic heterocycles. The molecule has 12 heteroatoms. The van der Waals surface area contributed by atoms with Gasteiger partial charge in [0.2, 0.25) is 0 Å². The van der Waals surface area contributed by atoms with Crippen molar-refractivity contribution in [1.29, 1.82) is 10.5 Å². The van der Waals surface area contributed by atoms with E-state index in [4.69, 9.17) is 30.3 Å². The Balaban J connectivity index is -0.000000217. The standard InChI is InChI=1S/2C10H8N2.2C2H3N.2C2H4O2.2Mo/c2*1-3-7-11-9(5-1)10-6-2-4-8-12-10;2*1-2-3;2*1-2(3)4;;/h2*1-8H;2*1H3;2*1H3,(H,3,4);;/q;;;;;;2*+2/p+4. The molecule has 0 saturated heterocycles. The van der Waals surface area contributed by atoms with Crippen LogP contribution in [0.1, 0.15) is 27.7 Å². The number of pyridine rings is 4. The SMILES string of the molecule is CC#N.CC#N.CC(=[OH+])[OH2+].CC(=[OH+])[OH2+].[Mo+2].[Mo+2].c1ccc(-c2ccccn2)nc1.c1ccc(-c2ccccn2)nc1. The smallest absolute Gasteiger partial charge is 0.524 e. The average Bonchev–Trinajstić information content (AvgIpc) is 2.91. The number of rotatable bonds is 2. The van der Waals surface area contributed by atoms with Crippen molar-refractivity contribution in [3.05, 3.63) is 97.6 Å². The van der Waals surface area contributed by atoms with Crippen LogP contribution < -0.4 is 0 Å². The summed E-state index contributed by atoms with van der Waals surface area (Å²) in [7, 11) is 0.